The summed E-state index contributed by atoms with van der Waals surface area (Å²) in [6, 6.07) is 12.8. The third kappa shape index (κ3) is 4.24. The van der Waals surface area contributed by atoms with Crippen molar-refractivity contribution in [1.82, 2.24) is 19.8 Å². The first-order valence-electron chi connectivity index (χ1n) is 11.0. The van der Waals surface area contributed by atoms with Crippen LogP contribution in [0.1, 0.15) is 35.7 Å². The minimum Gasteiger partial charge on any atom is -0.494 e. The number of methoxy groups -OCH3 is 2. The molecule has 4 rings (SSSR count). The molecule has 0 fully saturated rings. The number of rotatable bonds is 8. The summed E-state index contributed by atoms with van der Waals surface area (Å²) in [6.07, 6.45) is 0.681. The average Bonchev–Trinajstić information content (AvgIpc) is 3.24. The monoisotopic (exact) mass is 461 g/mol. The number of hydrogen-bond donors (Lipinski definition) is 1. The smallest absolute Gasteiger partial charge is 0.278 e. The Balaban J connectivity index is 1.71. The molecule has 0 atom stereocenters. The van der Waals surface area contributed by atoms with E-state index in [0.29, 0.717) is 41.6 Å². The molecule has 2 aromatic carbocycles. The quantitative estimate of drug-likeness (QED) is 0.417. The van der Waals surface area contributed by atoms with Gasteiger partial charge < -0.3 is 19.5 Å². The lowest BCUT2D eigenvalue weighted by Gasteiger charge is -2.10. The molecule has 176 valence electrons. The Morgan fingerprint density at radius 1 is 1.00 bits per heavy atom. The number of anilines is 1. The van der Waals surface area contributed by atoms with Crippen LogP contribution in [0.2, 0.25) is 0 Å². The fraction of sp³-hybridized carbons (Fsp3) is 0.280. The van der Waals surface area contributed by atoms with E-state index in [-0.39, 0.29) is 11.6 Å². The largest absolute Gasteiger partial charge is 0.494 e. The molecule has 1 amide bonds. The zero-order valence-corrected chi connectivity index (χ0v) is 19.9. The molecule has 0 aliphatic carbocycles. The molecule has 1 N–H and O–H groups in total. The van der Waals surface area contributed by atoms with Crippen LogP contribution < -0.4 is 19.5 Å². The number of nitrogens with zero attached hydrogens (tertiary/aromatic N) is 4. The average molecular weight is 462 g/mol. The van der Waals surface area contributed by atoms with Crippen molar-refractivity contribution >= 4 is 17.2 Å². The molecule has 0 spiro atoms. The van der Waals surface area contributed by atoms with E-state index >= 15 is 0 Å². The molecule has 2 heterocycles. The Morgan fingerprint density at radius 2 is 1.74 bits per heavy atom. The van der Waals surface area contributed by atoms with Crippen molar-refractivity contribution in [2.45, 2.75) is 27.2 Å². The number of carbonyl (C=O) groups excluding carboxylic acids is 1. The highest BCUT2D eigenvalue weighted by atomic mass is 16.5. The molecule has 0 unspecified atom stereocenters. The number of aromatic nitrogens is 4. The molecule has 0 aliphatic rings. The predicted molar refractivity (Wildman–Crippen MR) is 129 cm³/mol. The van der Waals surface area contributed by atoms with Gasteiger partial charge in [0.1, 0.15) is 5.75 Å². The molecule has 2 aromatic heterocycles. The molecular weight excluding hydrogens is 434 g/mol. The van der Waals surface area contributed by atoms with Crippen LogP contribution in [0, 0.1) is 6.92 Å². The highest BCUT2D eigenvalue weighted by molar-refractivity contribution is 6.03. The minimum atomic E-state index is -0.364. The van der Waals surface area contributed by atoms with Gasteiger partial charge in [0.25, 0.3) is 5.91 Å². The van der Waals surface area contributed by atoms with Crippen molar-refractivity contribution in [3.8, 4) is 28.4 Å². The first-order chi connectivity index (χ1) is 16.5. The maximum atomic E-state index is 13.0. The third-order valence-corrected chi connectivity index (χ3v) is 5.48. The number of nitrogens with one attached hydrogen (secondary N) is 1. The summed E-state index contributed by atoms with van der Waals surface area (Å²) >= 11 is 0. The van der Waals surface area contributed by atoms with Crippen molar-refractivity contribution in [2.24, 2.45) is 0 Å². The second kappa shape index (κ2) is 9.78. The van der Waals surface area contributed by atoms with Gasteiger partial charge in [0.05, 0.1) is 37.8 Å². The summed E-state index contributed by atoms with van der Waals surface area (Å²) in [5.74, 6) is 1.62. The van der Waals surface area contributed by atoms with Crippen LogP contribution in [0.25, 0.3) is 16.8 Å². The number of benzene rings is 2. The van der Waals surface area contributed by atoms with E-state index in [2.05, 4.69) is 15.5 Å². The summed E-state index contributed by atoms with van der Waals surface area (Å²) in [4.78, 5) is 13.0. The van der Waals surface area contributed by atoms with Gasteiger partial charge in [-0.05, 0) is 62.2 Å². The van der Waals surface area contributed by atoms with Crippen LogP contribution >= 0.6 is 0 Å². The summed E-state index contributed by atoms with van der Waals surface area (Å²) in [5, 5.41) is 16.2. The topological polar surface area (TPSA) is 99.9 Å². The molecule has 0 aliphatic heterocycles. The Kier molecular flexibility index (Phi) is 6.62. The van der Waals surface area contributed by atoms with Crippen molar-refractivity contribution in [1.29, 1.82) is 0 Å². The Labute approximate surface area is 197 Å². The molecule has 0 radical (unpaired) electrons. The molecule has 9 nitrogen and oxygen atoms in total. The van der Waals surface area contributed by atoms with Crippen LogP contribution in [-0.4, -0.2) is 46.5 Å². The van der Waals surface area contributed by atoms with Gasteiger partial charge in [0.15, 0.2) is 22.8 Å². The van der Waals surface area contributed by atoms with E-state index in [1.54, 1.807) is 49.9 Å². The lowest BCUT2D eigenvalue weighted by molar-refractivity contribution is 0.102. The molecule has 0 saturated heterocycles. The van der Waals surface area contributed by atoms with Gasteiger partial charge in [-0.3, -0.25) is 4.79 Å². The summed E-state index contributed by atoms with van der Waals surface area (Å²) in [5.41, 5.74) is 4.56. The van der Waals surface area contributed by atoms with E-state index < -0.39 is 0 Å². The minimum absolute atomic E-state index is 0.199. The van der Waals surface area contributed by atoms with Crippen molar-refractivity contribution in [2.75, 3.05) is 26.1 Å². The number of ether oxygens (including phenoxy) is 3. The highest BCUT2D eigenvalue weighted by Crippen LogP contribution is 2.35. The van der Waals surface area contributed by atoms with E-state index in [9.17, 15) is 4.79 Å². The number of fused-ring (bicyclic) bond motifs is 1. The van der Waals surface area contributed by atoms with Gasteiger partial charge in [0.2, 0.25) is 0 Å². The second-order valence-electron chi connectivity index (χ2n) is 7.53. The van der Waals surface area contributed by atoms with Gasteiger partial charge >= 0.3 is 0 Å². The number of carbonyl (C=O) groups is 1. The van der Waals surface area contributed by atoms with Crippen LogP contribution in [0.4, 0.5) is 5.69 Å². The Morgan fingerprint density at radius 3 is 2.38 bits per heavy atom. The van der Waals surface area contributed by atoms with Crippen molar-refractivity contribution in [3.05, 3.63) is 59.5 Å². The van der Waals surface area contributed by atoms with E-state index in [4.69, 9.17) is 19.3 Å². The fourth-order valence-electron chi connectivity index (χ4n) is 3.79. The molecular formula is C25H27N5O4. The van der Waals surface area contributed by atoms with Crippen LogP contribution in [0.5, 0.6) is 17.2 Å². The molecule has 0 saturated carbocycles. The summed E-state index contributed by atoms with van der Waals surface area (Å²) in [6.45, 7) is 6.33. The van der Waals surface area contributed by atoms with Crippen LogP contribution in [0.15, 0.2) is 42.5 Å². The Hall–Kier alpha value is -4.14. The van der Waals surface area contributed by atoms with E-state index in [1.807, 2.05) is 32.0 Å². The number of amides is 1. The first-order valence-corrected chi connectivity index (χ1v) is 11.0. The van der Waals surface area contributed by atoms with E-state index in [0.717, 1.165) is 22.6 Å². The van der Waals surface area contributed by atoms with Crippen LogP contribution in [0.3, 0.4) is 0 Å². The van der Waals surface area contributed by atoms with Gasteiger partial charge in [-0.1, -0.05) is 13.0 Å². The number of aryl methyl sites for hydroxylation is 2. The van der Waals surface area contributed by atoms with Gasteiger partial charge in [-0.2, -0.15) is 5.10 Å². The van der Waals surface area contributed by atoms with Crippen LogP contribution in [-0.2, 0) is 6.42 Å². The molecule has 0 bridgehead atoms. The lowest BCUT2D eigenvalue weighted by atomic mass is 10.0. The maximum Gasteiger partial charge on any atom is 0.278 e. The Bertz CT molecular complexity index is 1330. The second-order valence-corrected chi connectivity index (χ2v) is 7.53. The van der Waals surface area contributed by atoms with Crippen molar-refractivity contribution in [3.63, 3.8) is 0 Å². The molecule has 34 heavy (non-hydrogen) atoms. The predicted octanol–water partition coefficient (Wildman–Crippen LogP) is 4.33. The standard InChI is InChI=1S/C25H27N5O4/c1-6-19-22(16-8-13-20(32-4)21(14-16)33-5)24-28-27-23(15(3)30(24)29-19)25(31)26-17-9-11-18(12-10-17)34-7-2/h8-14H,6-7H2,1-5H3,(H,26,31). The highest BCUT2D eigenvalue weighted by Gasteiger charge is 2.22. The zero-order chi connectivity index (χ0) is 24.2. The normalized spacial score (nSPS) is 10.9. The summed E-state index contributed by atoms with van der Waals surface area (Å²) < 4.78 is 17.9. The first kappa shape index (κ1) is 23.0. The van der Waals surface area contributed by atoms with Crippen molar-refractivity contribution < 1.29 is 19.0 Å². The van der Waals surface area contributed by atoms with Gasteiger partial charge in [0, 0.05) is 5.69 Å². The summed E-state index contributed by atoms with van der Waals surface area (Å²) in [7, 11) is 3.19. The van der Waals surface area contributed by atoms with Gasteiger partial charge in [-0.15, -0.1) is 10.2 Å². The van der Waals surface area contributed by atoms with Gasteiger partial charge in [-0.25, -0.2) is 4.52 Å². The van der Waals surface area contributed by atoms with E-state index in [1.165, 1.54) is 0 Å². The molecule has 4 aromatic rings. The maximum absolute atomic E-state index is 13.0. The third-order valence-electron chi connectivity index (χ3n) is 5.48. The SMILES string of the molecule is CCOc1ccc(NC(=O)c2nnc3c(-c4ccc(OC)c(OC)c4)c(CC)nn3c2C)cc1. The lowest BCUT2D eigenvalue weighted by Crippen LogP contribution is -2.18. The fourth-order valence-corrected chi connectivity index (χ4v) is 3.79. The molecule has 9 heteroatoms. The zero-order valence-electron chi connectivity index (χ0n) is 19.9. The number of hydrogen-bond acceptors (Lipinski definition) is 7.